The number of para-hydroxylation sites is 1. The number of nitrogens with one attached hydrogen (secondary N) is 1. The molecule has 2 atom stereocenters. The minimum atomic E-state index is -0.319. The van der Waals surface area contributed by atoms with Crippen LogP contribution in [0.2, 0.25) is 0 Å². The molecule has 140 valence electrons. The summed E-state index contributed by atoms with van der Waals surface area (Å²) in [5, 5.41) is 2.93. The Kier molecular flexibility index (Phi) is 5.91. The number of piperidine rings is 1. The molecule has 2 heterocycles. The second-order valence-corrected chi connectivity index (χ2v) is 7.16. The van der Waals surface area contributed by atoms with E-state index in [9.17, 15) is 14.4 Å². The van der Waals surface area contributed by atoms with Gasteiger partial charge in [-0.15, -0.1) is 0 Å². The highest BCUT2D eigenvalue weighted by molar-refractivity contribution is 6.00. The number of anilines is 1. The molecule has 2 aliphatic rings. The molecule has 2 aliphatic heterocycles. The third-order valence-electron chi connectivity index (χ3n) is 5.20. The fraction of sp³-hybridized carbons (Fsp3) is 0.550. The van der Waals surface area contributed by atoms with Crippen molar-refractivity contribution < 1.29 is 14.4 Å². The third-order valence-corrected chi connectivity index (χ3v) is 5.20. The minimum Gasteiger partial charge on any atom is -0.356 e. The molecule has 3 rings (SSSR count). The Morgan fingerprint density at radius 3 is 2.65 bits per heavy atom. The average Bonchev–Trinajstić information content (AvgIpc) is 3.08. The number of carbonyl (C=O) groups excluding carboxylic acids is 3. The standard InChI is InChI=1S/C20H27N3O3/c1-2-10-21-19(25)15-7-6-11-22(13-15)20(26)16-12-18(24)23(14-16)17-8-4-3-5-9-17/h3-5,8-9,15-16H,2,6-7,10-14H2,1H3,(H,21,25). The van der Waals surface area contributed by atoms with Crippen LogP contribution >= 0.6 is 0 Å². The number of hydrogen-bond acceptors (Lipinski definition) is 3. The van der Waals surface area contributed by atoms with E-state index in [1.165, 1.54) is 0 Å². The van der Waals surface area contributed by atoms with Crippen molar-refractivity contribution >= 4 is 23.4 Å². The van der Waals surface area contributed by atoms with Gasteiger partial charge in [-0.2, -0.15) is 0 Å². The maximum Gasteiger partial charge on any atom is 0.228 e. The predicted molar refractivity (Wildman–Crippen MR) is 99.5 cm³/mol. The van der Waals surface area contributed by atoms with Gasteiger partial charge in [0.2, 0.25) is 17.7 Å². The molecule has 2 saturated heterocycles. The van der Waals surface area contributed by atoms with E-state index in [0.717, 1.165) is 24.9 Å². The molecule has 1 N–H and O–H groups in total. The van der Waals surface area contributed by atoms with Gasteiger partial charge in [0.05, 0.1) is 11.8 Å². The van der Waals surface area contributed by atoms with Crippen LogP contribution in [-0.4, -0.2) is 48.8 Å². The average molecular weight is 357 g/mol. The van der Waals surface area contributed by atoms with Gasteiger partial charge in [-0.3, -0.25) is 14.4 Å². The van der Waals surface area contributed by atoms with Crippen LogP contribution in [0.5, 0.6) is 0 Å². The molecule has 0 bridgehead atoms. The van der Waals surface area contributed by atoms with Crippen LogP contribution in [0.25, 0.3) is 0 Å². The smallest absolute Gasteiger partial charge is 0.228 e. The molecular formula is C20H27N3O3. The van der Waals surface area contributed by atoms with Crippen molar-refractivity contribution in [3.8, 4) is 0 Å². The Labute approximate surface area is 154 Å². The molecule has 26 heavy (non-hydrogen) atoms. The Morgan fingerprint density at radius 1 is 1.15 bits per heavy atom. The number of hydrogen-bond donors (Lipinski definition) is 1. The molecule has 0 saturated carbocycles. The van der Waals surface area contributed by atoms with E-state index >= 15 is 0 Å². The van der Waals surface area contributed by atoms with Gasteiger partial charge in [-0.1, -0.05) is 25.1 Å². The zero-order valence-electron chi connectivity index (χ0n) is 15.3. The lowest BCUT2D eigenvalue weighted by Gasteiger charge is -2.33. The monoisotopic (exact) mass is 357 g/mol. The lowest BCUT2D eigenvalue weighted by Crippen LogP contribution is -2.47. The molecule has 2 unspecified atom stereocenters. The number of likely N-dealkylation sites (tertiary alicyclic amines) is 1. The minimum absolute atomic E-state index is 0.00442. The van der Waals surface area contributed by atoms with E-state index in [2.05, 4.69) is 5.32 Å². The summed E-state index contributed by atoms with van der Waals surface area (Å²) < 4.78 is 0. The molecule has 3 amide bonds. The molecule has 0 aromatic heterocycles. The van der Waals surface area contributed by atoms with Crippen LogP contribution in [-0.2, 0) is 14.4 Å². The summed E-state index contributed by atoms with van der Waals surface area (Å²) in [6.45, 7) is 4.25. The van der Waals surface area contributed by atoms with Crippen molar-refractivity contribution in [2.24, 2.45) is 11.8 Å². The van der Waals surface area contributed by atoms with Gasteiger partial charge in [0, 0.05) is 38.3 Å². The van der Waals surface area contributed by atoms with Gasteiger partial charge in [-0.25, -0.2) is 0 Å². The zero-order chi connectivity index (χ0) is 18.5. The van der Waals surface area contributed by atoms with Crippen LogP contribution in [0.3, 0.4) is 0 Å². The fourth-order valence-corrected chi connectivity index (χ4v) is 3.77. The number of rotatable bonds is 5. The summed E-state index contributed by atoms with van der Waals surface area (Å²) in [6.07, 6.45) is 2.80. The Bertz CT molecular complexity index is 662. The highest BCUT2D eigenvalue weighted by atomic mass is 16.2. The van der Waals surface area contributed by atoms with Crippen molar-refractivity contribution in [1.82, 2.24) is 10.2 Å². The zero-order valence-corrected chi connectivity index (χ0v) is 15.3. The summed E-state index contributed by atoms with van der Waals surface area (Å²) in [5.41, 5.74) is 0.836. The molecule has 1 aromatic carbocycles. The number of amides is 3. The second-order valence-electron chi connectivity index (χ2n) is 7.16. The normalized spacial score (nSPS) is 23.2. The van der Waals surface area contributed by atoms with Crippen LogP contribution in [0.4, 0.5) is 5.69 Å². The highest BCUT2D eigenvalue weighted by Gasteiger charge is 2.39. The molecular weight excluding hydrogens is 330 g/mol. The fourth-order valence-electron chi connectivity index (χ4n) is 3.77. The van der Waals surface area contributed by atoms with Gasteiger partial charge in [-0.05, 0) is 31.4 Å². The molecule has 0 aliphatic carbocycles. The first-order chi connectivity index (χ1) is 12.6. The molecule has 6 nitrogen and oxygen atoms in total. The van der Waals surface area contributed by atoms with Crippen LogP contribution in [0.1, 0.15) is 32.6 Å². The van der Waals surface area contributed by atoms with Crippen molar-refractivity contribution in [3.05, 3.63) is 30.3 Å². The Morgan fingerprint density at radius 2 is 1.92 bits per heavy atom. The molecule has 6 heteroatoms. The Balaban J connectivity index is 1.60. The number of benzene rings is 1. The molecule has 0 spiro atoms. The van der Waals surface area contributed by atoms with Gasteiger partial charge in [0.15, 0.2) is 0 Å². The van der Waals surface area contributed by atoms with E-state index in [1.54, 1.807) is 9.80 Å². The molecule has 0 radical (unpaired) electrons. The first-order valence-electron chi connectivity index (χ1n) is 9.52. The van der Waals surface area contributed by atoms with E-state index in [0.29, 0.717) is 26.2 Å². The maximum atomic E-state index is 12.9. The van der Waals surface area contributed by atoms with Gasteiger partial charge >= 0.3 is 0 Å². The van der Waals surface area contributed by atoms with E-state index < -0.39 is 0 Å². The van der Waals surface area contributed by atoms with Gasteiger partial charge in [0.1, 0.15) is 0 Å². The molecule has 2 fully saturated rings. The highest BCUT2D eigenvalue weighted by Crippen LogP contribution is 2.27. The summed E-state index contributed by atoms with van der Waals surface area (Å²) in [7, 11) is 0. The van der Waals surface area contributed by atoms with E-state index in [4.69, 9.17) is 0 Å². The van der Waals surface area contributed by atoms with Crippen molar-refractivity contribution in [1.29, 1.82) is 0 Å². The predicted octanol–water partition coefficient (Wildman–Crippen LogP) is 1.80. The van der Waals surface area contributed by atoms with Crippen LogP contribution in [0.15, 0.2) is 30.3 Å². The SMILES string of the molecule is CCCNC(=O)C1CCCN(C(=O)C2CC(=O)N(c3ccccc3)C2)C1. The summed E-state index contributed by atoms with van der Waals surface area (Å²) in [4.78, 5) is 41.0. The van der Waals surface area contributed by atoms with E-state index in [1.807, 2.05) is 37.3 Å². The van der Waals surface area contributed by atoms with Crippen molar-refractivity contribution in [2.75, 3.05) is 31.1 Å². The second kappa shape index (κ2) is 8.34. The topological polar surface area (TPSA) is 69.7 Å². The van der Waals surface area contributed by atoms with E-state index in [-0.39, 0.29) is 36.0 Å². The van der Waals surface area contributed by atoms with Crippen molar-refractivity contribution in [3.63, 3.8) is 0 Å². The quantitative estimate of drug-likeness (QED) is 0.874. The molecule has 1 aromatic rings. The lowest BCUT2D eigenvalue weighted by molar-refractivity contribution is -0.139. The van der Waals surface area contributed by atoms with Crippen LogP contribution in [0, 0.1) is 11.8 Å². The first-order valence-corrected chi connectivity index (χ1v) is 9.52. The first kappa shape index (κ1) is 18.4. The van der Waals surface area contributed by atoms with Gasteiger partial charge < -0.3 is 15.1 Å². The summed E-state index contributed by atoms with van der Waals surface area (Å²) in [6, 6.07) is 9.47. The maximum absolute atomic E-state index is 12.9. The van der Waals surface area contributed by atoms with Gasteiger partial charge in [0.25, 0.3) is 0 Å². The third kappa shape index (κ3) is 4.06. The lowest BCUT2D eigenvalue weighted by atomic mass is 9.95. The number of carbonyl (C=O) groups is 3. The van der Waals surface area contributed by atoms with Crippen molar-refractivity contribution in [2.45, 2.75) is 32.6 Å². The number of nitrogens with zero attached hydrogens (tertiary/aromatic N) is 2. The largest absolute Gasteiger partial charge is 0.356 e. The Hall–Kier alpha value is -2.37. The van der Waals surface area contributed by atoms with Crippen LogP contribution < -0.4 is 10.2 Å². The summed E-state index contributed by atoms with van der Waals surface area (Å²) in [5.74, 6) is -0.423. The summed E-state index contributed by atoms with van der Waals surface area (Å²) >= 11 is 0.